The number of nitrogens with zero attached hydrogens (tertiary/aromatic N) is 6. The molecule has 1 aliphatic carbocycles. The molecule has 0 amide bonds. The molecule has 1 aliphatic rings. The van der Waals surface area contributed by atoms with Crippen molar-refractivity contribution in [2.24, 2.45) is 0 Å². The Kier molecular flexibility index (Phi) is 4.16. The van der Waals surface area contributed by atoms with Gasteiger partial charge in [-0.3, -0.25) is 9.20 Å². The number of aromatic nitrogens is 6. The third kappa shape index (κ3) is 3.09. The van der Waals surface area contributed by atoms with E-state index < -0.39 is 5.97 Å². The van der Waals surface area contributed by atoms with Crippen LogP contribution in [0.15, 0.2) is 16.9 Å². The Bertz CT molecular complexity index is 1340. The molecule has 0 radical (unpaired) electrons. The van der Waals surface area contributed by atoms with Crippen LogP contribution in [0.2, 0.25) is 0 Å². The van der Waals surface area contributed by atoms with E-state index in [4.69, 9.17) is 4.74 Å². The number of carbonyl (C=O) groups excluding carboxylic acids is 1. The van der Waals surface area contributed by atoms with E-state index in [1.54, 1.807) is 4.40 Å². The van der Waals surface area contributed by atoms with Crippen molar-refractivity contribution < 1.29 is 9.53 Å². The van der Waals surface area contributed by atoms with Crippen molar-refractivity contribution in [1.82, 2.24) is 29.0 Å². The molecule has 0 saturated heterocycles. The normalized spacial score (nSPS) is 13.7. The van der Waals surface area contributed by atoms with Crippen molar-refractivity contribution in [2.75, 3.05) is 0 Å². The monoisotopic (exact) mass is 410 g/mol. The number of ether oxygens (including phenoxy) is 1. The van der Waals surface area contributed by atoms with Gasteiger partial charge in [0.2, 0.25) is 0 Å². The van der Waals surface area contributed by atoms with Crippen molar-refractivity contribution >= 4 is 28.0 Å². The molecule has 10 heteroatoms. The lowest BCUT2D eigenvalue weighted by Gasteiger charge is -2.10. The van der Waals surface area contributed by atoms with Crippen LogP contribution >= 0.6 is 11.3 Å². The summed E-state index contributed by atoms with van der Waals surface area (Å²) < 4.78 is 8.49. The first-order valence-corrected chi connectivity index (χ1v) is 10.2. The van der Waals surface area contributed by atoms with Gasteiger partial charge in [0.1, 0.15) is 6.61 Å². The minimum Gasteiger partial charge on any atom is -0.453 e. The van der Waals surface area contributed by atoms with Gasteiger partial charge in [0.15, 0.2) is 4.96 Å². The van der Waals surface area contributed by atoms with Crippen LogP contribution < -0.4 is 5.56 Å². The fourth-order valence-corrected chi connectivity index (χ4v) is 4.90. The average molecular weight is 410 g/mol. The molecular formula is C19H18N6O3S. The fraction of sp³-hybridized carbons (Fsp3) is 0.368. The van der Waals surface area contributed by atoms with Crippen molar-refractivity contribution in [2.45, 2.75) is 46.1 Å². The molecule has 0 aliphatic heterocycles. The summed E-state index contributed by atoms with van der Waals surface area (Å²) >= 11 is 1.54. The first-order chi connectivity index (χ1) is 14.0. The van der Waals surface area contributed by atoms with E-state index in [0.717, 1.165) is 42.8 Å². The van der Waals surface area contributed by atoms with Crippen LogP contribution in [-0.4, -0.2) is 34.9 Å². The van der Waals surface area contributed by atoms with Crippen molar-refractivity contribution in [1.29, 1.82) is 0 Å². The van der Waals surface area contributed by atoms with Gasteiger partial charge in [0.25, 0.3) is 17.2 Å². The van der Waals surface area contributed by atoms with E-state index in [1.807, 2.05) is 19.9 Å². The van der Waals surface area contributed by atoms with Crippen LogP contribution in [0.1, 0.15) is 51.1 Å². The van der Waals surface area contributed by atoms with Crippen molar-refractivity contribution in [3.63, 3.8) is 0 Å². The van der Waals surface area contributed by atoms with Gasteiger partial charge in [-0.15, -0.1) is 16.4 Å². The van der Waals surface area contributed by atoms with E-state index >= 15 is 0 Å². The molecule has 4 aromatic heterocycles. The molecule has 148 valence electrons. The highest BCUT2D eigenvalue weighted by Crippen LogP contribution is 2.28. The average Bonchev–Trinajstić information content (AvgIpc) is 3.27. The minimum atomic E-state index is -0.681. The maximum absolute atomic E-state index is 12.6. The van der Waals surface area contributed by atoms with Gasteiger partial charge in [0.05, 0.1) is 5.69 Å². The van der Waals surface area contributed by atoms with Crippen molar-refractivity contribution in [3.05, 3.63) is 56.0 Å². The second-order valence-electron chi connectivity index (χ2n) is 7.14. The quantitative estimate of drug-likeness (QED) is 0.476. The molecule has 4 aromatic rings. The van der Waals surface area contributed by atoms with Gasteiger partial charge >= 0.3 is 5.97 Å². The lowest BCUT2D eigenvalue weighted by Crippen LogP contribution is -2.18. The molecule has 0 unspecified atom stereocenters. The van der Waals surface area contributed by atoms with E-state index in [9.17, 15) is 9.59 Å². The largest absolute Gasteiger partial charge is 0.453 e. The smallest absolute Gasteiger partial charge is 0.378 e. The van der Waals surface area contributed by atoms with Gasteiger partial charge in [0, 0.05) is 28.0 Å². The van der Waals surface area contributed by atoms with Crippen molar-refractivity contribution in [3.8, 4) is 0 Å². The Balaban J connectivity index is 1.39. The number of carbonyl (C=O) groups is 1. The molecule has 0 atom stereocenters. The number of rotatable bonds is 3. The lowest BCUT2D eigenvalue weighted by molar-refractivity contribution is 0.0453. The van der Waals surface area contributed by atoms with Gasteiger partial charge in [-0.2, -0.15) is 4.98 Å². The molecule has 0 bridgehead atoms. The maximum Gasteiger partial charge on any atom is 0.378 e. The predicted molar refractivity (Wildman–Crippen MR) is 105 cm³/mol. The van der Waals surface area contributed by atoms with E-state index in [1.165, 1.54) is 26.8 Å². The summed E-state index contributed by atoms with van der Waals surface area (Å²) in [7, 11) is 0. The van der Waals surface area contributed by atoms with Crippen LogP contribution in [0.5, 0.6) is 0 Å². The third-order valence-corrected chi connectivity index (χ3v) is 6.11. The summed E-state index contributed by atoms with van der Waals surface area (Å²) in [6.45, 7) is 3.59. The minimum absolute atomic E-state index is 0.0735. The Morgan fingerprint density at radius 3 is 2.86 bits per heavy atom. The lowest BCUT2D eigenvalue weighted by atomic mass is 10.0. The molecule has 0 fully saturated rings. The first kappa shape index (κ1) is 17.9. The highest BCUT2D eigenvalue weighted by molar-refractivity contribution is 7.17. The number of hydrogen-bond donors (Lipinski definition) is 0. The summed E-state index contributed by atoms with van der Waals surface area (Å²) in [6.07, 6.45) is 4.11. The number of aryl methyl sites for hydroxylation is 4. The Labute approximate surface area is 169 Å². The summed E-state index contributed by atoms with van der Waals surface area (Å²) in [6, 6.07) is 3.28. The van der Waals surface area contributed by atoms with Crippen LogP contribution in [0.4, 0.5) is 0 Å². The van der Waals surface area contributed by atoms with Gasteiger partial charge in [-0.05, 0) is 45.6 Å². The first-order valence-electron chi connectivity index (χ1n) is 9.41. The predicted octanol–water partition coefficient (Wildman–Crippen LogP) is 2.05. The summed E-state index contributed by atoms with van der Waals surface area (Å²) in [5, 5.41) is 4.16. The standard InChI is InChI=1S/C19H18N6O3S/c1-10-7-11(2)25-18(20-10)22-16(23-25)17(27)28-9-12-8-15(26)24-13-5-3-4-6-14(13)29-19(24)21-12/h7-8H,3-6,9H2,1-2H3. The molecule has 0 N–H and O–H groups in total. The maximum atomic E-state index is 12.6. The second kappa shape index (κ2) is 6.73. The molecule has 0 aromatic carbocycles. The molecule has 0 spiro atoms. The van der Waals surface area contributed by atoms with Crippen LogP contribution in [0.25, 0.3) is 10.7 Å². The second-order valence-corrected chi connectivity index (χ2v) is 8.21. The Hall–Kier alpha value is -3.14. The zero-order valence-corrected chi connectivity index (χ0v) is 16.8. The highest BCUT2D eigenvalue weighted by Gasteiger charge is 2.20. The van der Waals surface area contributed by atoms with E-state index in [-0.39, 0.29) is 18.0 Å². The van der Waals surface area contributed by atoms with E-state index in [0.29, 0.717) is 16.4 Å². The Morgan fingerprint density at radius 1 is 1.17 bits per heavy atom. The number of fused-ring (bicyclic) bond motifs is 4. The Morgan fingerprint density at radius 2 is 2.00 bits per heavy atom. The van der Waals surface area contributed by atoms with Gasteiger partial charge in [-0.1, -0.05) is 0 Å². The zero-order valence-electron chi connectivity index (χ0n) is 16.0. The molecule has 0 saturated carbocycles. The molecule has 29 heavy (non-hydrogen) atoms. The summed E-state index contributed by atoms with van der Waals surface area (Å²) in [5.74, 6) is -0.410. The number of hydrogen-bond acceptors (Lipinski definition) is 8. The highest BCUT2D eigenvalue weighted by atomic mass is 32.1. The molecule has 4 heterocycles. The fourth-order valence-electron chi connectivity index (χ4n) is 3.67. The van der Waals surface area contributed by atoms with Crippen LogP contribution in [0, 0.1) is 13.8 Å². The summed E-state index contributed by atoms with van der Waals surface area (Å²) in [4.78, 5) is 39.8. The van der Waals surface area contributed by atoms with Gasteiger partial charge in [-0.25, -0.2) is 19.3 Å². The number of esters is 1. The van der Waals surface area contributed by atoms with E-state index in [2.05, 4.69) is 20.1 Å². The molecule has 9 nitrogen and oxygen atoms in total. The SMILES string of the molecule is Cc1cc(C)n2nc(C(=O)OCc3cc(=O)n4c5c(sc4n3)CCCC5)nc2n1. The zero-order chi connectivity index (χ0) is 20.1. The molecule has 5 rings (SSSR count). The van der Waals surface area contributed by atoms with Crippen LogP contribution in [-0.2, 0) is 24.2 Å². The number of thiazole rings is 1. The molecular weight excluding hydrogens is 392 g/mol. The summed E-state index contributed by atoms with van der Waals surface area (Å²) in [5.41, 5.74) is 2.96. The van der Waals surface area contributed by atoms with Crippen LogP contribution in [0.3, 0.4) is 0 Å². The van der Waals surface area contributed by atoms with Gasteiger partial charge < -0.3 is 4.74 Å². The topological polar surface area (TPSA) is 104 Å². The third-order valence-electron chi connectivity index (χ3n) is 4.97.